The van der Waals surface area contributed by atoms with Gasteiger partial charge in [0.1, 0.15) is 0 Å². The summed E-state index contributed by atoms with van der Waals surface area (Å²) in [7, 11) is 2.08. The number of hydrogen-bond acceptors (Lipinski definition) is 2. The maximum Gasteiger partial charge on any atom is 0.0827 e. The Morgan fingerprint density at radius 1 is 1.27 bits per heavy atom. The molecule has 0 spiro atoms. The lowest BCUT2D eigenvalue weighted by molar-refractivity contribution is 0.0962. The van der Waals surface area contributed by atoms with Gasteiger partial charge in [-0.05, 0) is 25.1 Å². The van der Waals surface area contributed by atoms with Crippen LogP contribution in [0.5, 0.6) is 0 Å². The monoisotopic (exact) mass is 207 g/mol. The Balaban J connectivity index is 2.57. The van der Waals surface area contributed by atoms with Crippen LogP contribution in [0.4, 0.5) is 0 Å². The largest absolute Gasteiger partial charge is 0.388 e. The van der Waals surface area contributed by atoms with Gasteiger partial charge in [0.25, 0.3) is 0 Å². The topological polar surface area (TPSA) is 23.5 Å². The van der Waals surface area contributed by atoms with Crippen LogP contribution in [0.15, 0.2) is 30.3 Å². The summed E-state index contributed by atoms with van der Waals surface area (Å²) in [6.45, 7) is 6.16. The molecule has 0 saturated heterocycles. The van der Waals surface area contributed by atoms with Crippen molar-refractivity contribution in [1.29, 1.82) is 0 Å². The van der Waals surface area contributed by atoms with E-state index in [1.807, 2.05) is 30.3 Å². The molecule has 0 aliphatic carbocycles. The quantitative estimate of drug-likeness (QED) is 0.801. The first-order valence-corrected chi connectivity index (χ1v) is 5.56. The van der Waals surface area contributed by atoms with Crippen molar-refractivity contribution < 1.29 is 5.11 Å². The van der Waals surface area contributed by atoms with Gasteiger partial charge in [0.05, 0.1) is 6.10 Å². The normalized spacial score (nSPS) is 15.3. The highest BCUT2D eigenvalue weighted by Crippen LogP contribution is 2.21. The summed E-state index contributed by atoms with van der Waals surface area (Å²) in [5.41, 5.74) is 1.01. The van der Waals surface area contributed by atoms with Gasteiger partial charge in [-0.2, -0.15) is 0 Å². The Bertz CT molecular complexity index is 273. The summed E-state index contributed by atoms with van der Waals surface area (Å²) >= 11 is 0. The van der Waals surface area contributed by atoms with Crippen molar-refractivity contribution in [3.8, 4) is 0 Å². The molecule has 1 aromatic rings. The Morgan fingerprint density at radius 2 is 1.87 bits per heavy atom. The second kappa shape index (κ2) is 5.89. The molecule has 2 unspecified atom stereocenters. The van der Waals surface area contributed by atoms with E-state index in [1.54, 1.807) is 0 Å². The Morgan fingerprint density at radius 3 is 2.40 bits per heavy atom. The van der Waals surface area contributed by atoms with E-state index in [-0.39, 0.29) is 12.0 Å². The molecule has 0 aliphatic rings. The molecule has 15 heavy (non-hydrogen) atoms. The summed E-state index contributed by atoms with van der Waals surface area (Å²) in [6.07, 6.45) is -0.361. The van der Waals surface area contributed by atoms with Crippen LogP contribution in [0.25, 0.3) is 0 Å². The number of hydrogen-bond donors (Lipinski definition) is 1. The summed E-state index contributed by atoms with van der Waals surface area (Å²) < 4.78 is 0. The molecule has 0 bridgehead atoms. The van der Waals surface area contributed by atoms with Crippen molar-refractivity contribution in [2.45, 2.75) is 20.0 Å². The third-order valence-electron chi connectivity index (χ3n) is 2.82. The lowest BCUT2D eigenvalue weighted by atomic mass is 9.97. The molecule has 2 atom stereocenters. The lowest BCUT2D eigenvalue weighted by Gasteiger charge is -2.24. The van der Waals surface area contributed by atoms with Crippen LogP contribution < -0.4 is 0 Å². The highest BCUT2D eigenvalue weighted by atomic mass is 16.3. The zero-order chi connectivity index (χ0) is 11.3. The minimum atomic E-state index is -0.361. The lowest BCUT2D eigenvalue weighted by Crippen LogP contribution is -2.27. The molecule has 0 fully saturated rings. The van der Waals surface area contributed by atoms with E-state index in [2.05, 4.69) is 25.8 Å². The summed E-state index contributed by atoms with van der Waals surface area (Å²) in [4.78, 5) is 2.22. The molecule has 1 rings (SSSR count). The molecule has 0 aromatic heterocycles. The van der Waals surface area contributed by atoms with Gasteiger partial charge < -0.3 is 10.0 Å². The molecule has 1 N–H and O–H groups in total. The fraction of sp³-hybridized carbons (Fsp3) is 0.538. The first-order chi connectivity index (χ1) is 7.15. The molecule has 84 valence electrons. The fourth-order valence-corrected chi connectivity index (χ4v) is 1.70. The number of rotatable bonds is 5. The average molecular weight is 207 g/mol. The van der Waals surface area contributed by atoms with E-state index in [4.69, 9.17) is 0 Å². The zero-order valence-electron chi connectivity index (χ0n) is 9.85. The van der Waals surface area contributed by atoms with Gasteiger partial charge in [-0.3, -0.25) is 0 Å². The van der Waals surface area contributed by atoms with Gasteiger partial charge in [-0.25, -0.2) is 0 Å². The number of aliphatic hydroxyl groups is 1. The van der Waals surface area contributed by atoms with Crippen LogP contribution in [0.3, 0.4) is 0 Å². The molecular weight excluding hydrogens is 186 g/mol. The predicted molar refractivity (Wildman–Crippen MR) is 63.7 cm³/mol. The van der Waals surface area contributed by atoms with E-state index >= 15 is 0 Å². The summed E-state index contributed by atoms with van der Waals surface area (Å²) in [6, 6.07) is 9.86. The molecule has 2 nitrogen and oxygen atoms in total. The van der Waals surface area contributed by atoms with E-state index in [1.165, 1.54) is 0 Å². The SMILES string of the molecule is CCN(C)CC(C)C(O)c1ccccc1. The van der Waals surface area contributed by atoms with Crippen molar-refractivity contribution in [3.05, 3.63) is 35.9 Å². The van der Waals surface area contributed by atoms with Gasteiger partial charge >= 0.3 is 0 Å². The van der Waals surface area contributed by atoms with Crippen LogP contribution >= 0.6 is 0 Å². The van der Waals surface area contributed by atoms with E-state index < -0.39 is 0 Å². The van der Waals surface area contributed by atoms with Crippen molar-refractivity contribution in [2.24, 2.45) is 5.92 Å². The van der Waals surface area contributed by atoms with E-state index in [0.717, 1.165) is 18.7 Å². The maximum absolute atomic E-state index is 10.1. The van der Waals surface area contributed by atoms with Crippen LogP contribution in [-0.4, -0.2) is 30.1 Å². The molecule has 0 amide bonds. The third kappa shape index (κ3) is 3.65. The van der Waals surface area contributed by atoms with Gasteiger partial charge in [-0.15, -0.1) is 0 Å². The number of aliphatic hydroxyl groups excluding tert-OH is 1. The smallest absolute Gasteiger partial charge is 0.0827 e. The Hall–Kier alpha value is -0.860. The number of benzene rings is 1. The highest BCUT2D eigenvalue weighted by Gasteiger charge is 2.16. The first-order valence-electron chi connectivity index (χ1n) is 5.56. The van der Waals surface area contributed by atoms with Gasteiger partial charge in [-0.1, -0.05) is 44.2 Å². The van der Waals surface area contributed by atoms with E-state index in [9.17, 15) is 5.11 Å². The first kappa shape index (κ1) is 12.2. The van der Waals surface area contributed by atoms with Gasteiger partial charge in [0.15, 0.2) is 0 Å². The second-order valence-electron chi connectivity index (χ2n) is 4.19. The third-order valence-corrected chi connectivity index (χ3v) is 2.82. The zero-order valence-corrected chi connectivity index (χ0v) is 9.85. The molecule has 0 heterocycles. The van der Waals surface area contributed by atoms with Gasteiger partial charge in [0.2, 0.25) is 0 Å². The minimum Gasteiger partial charge on any atom is -0.388 e. The predicted octanol–water partition coefficient (Wildman–Crippen LogP) is 2.31. The molecule has 0 radical (unpaired) electrons. The second-order valence-corrected chi connectivity index (χ2v) is 4.19. The van der Waals surface area contributed by atoms with Crippen molar-refractivity contribution in [2.75, 3.05) is 20.1 Å². The molecule has 1 aromatic carbocycles. The molecule has 0 saturated carbocycles. The van der Waals surface area contributed by atoms with Crippen LogP contribution in [0.1, 0.15) is 25.5 Å². The average Bonchev–Trinajstić information content (AvgIpc) is 2.29. The fourth-order valence-electron chi connectivity index (χ4n) is 1.70. The summed E-state index contributed by atoms with van der Waals surface area (Å²) in [5.74, 6) is 0.261. The van der Waals surface area contributed by atoms with Crippen LogP contribution in [0, 0.1) is 5.92 Å². The standard InChI is InChI=1S/C13H21NO/c1-4-14(3)10-11(2)13(15)12-8-6-5-7-9-12/h5-9,11,13,15H,4,10H2,1-3H3. The Kier molecular flexibility index (Phi) is 4.79. The van der Waals surface area contributed by atoms with Crippen molar-refractivity contribution >= 4 is 0 Å². The van der Waals surface area contributed by atoms with Crippen molar-refractivity contribution in [3.63, 3.8) is 0 Å². The van der Waals surface area contributed by atoms with E-state index in [0.29, 0.717) is 0 Å². The van der Waals surface area contributed by atoms with Gasteiger partial charge in [0, 0.05) is 6.54 Å². The molecular formula is C13H21NO. The molecule has 2 heteroatoms. The minimum absolute atomic E-state index is 0.261. The van der Waals surface area contributed by atoms with Crippen molar-refractivity contribution in [1.82, 2.24) is 4.90 Å². The van der Waals surface area contributed by atoms with Crippen LogP contribution in [-0.2, 0) is 0 Å². The van der Waals surface area contributed by atoms with Crippen LogP contribution in [0.2, 0.25) is 0 Å². The number of nitrogens with zero attached hydrogens (tertiary/aromatic N) is 1. The Labute approximate surface area is 92.5 Å². The summed E-state index contributed by atoms with van der Waals surface area (Å²) in [5, 5.41) is 10.1. The highest BCUT2D eigenvalue weighted by molar-refractivity contribution is 5.17. The molecule has 0 aliphatic heterocycles. The maximum atomic E-state index is 10.1.